The molecular weight excluding hydrogens is 190 g/mol. The summed E-state index contributed by atoms with van der Waals surface area (Å²) in [7, 11) is 0. The molecule has 0 unspecified atom stereocenters. The van der Waals surface area contributed by atoms with Gasteiger partial charge in [0.1, 0.15) is 0 Å². The van der Waals surface area contributed by atoms with Gasteiger partial charge in [0.15, 0.2) is 0 Å². The number of carbonyl (C=O) groups excluding carboxylic acids is 1. The van der Waals surface area contributed by atoms with E-state index in [2.05, 4.69) is 17.8 Å². The lowest BCUT2D eigenvalue weighted by atomic mass is 10.1. The van der Waals surface area contributed by atoms with E-state index in [0.29, 0.717) is 0 Å². The van der Waals surface area contributed by atoms with Crippen LogP contribution in [0.15, 0.2) is 12.3 Å². The lowest BCUT2D eigenvalue weighted by Crippen LogP contribution is -2.51. The van der Waals surface area contributed by atoms with Gasteiger partial charge in [-0.15, -0.1) is 5.12 Å². The first-order chi connectivity index (χ1) is 7.33. The highest BCUT2D eigenvalue weighted by Crippen LogP contribution is 2.05. The van der Waals surface area contributed by atoms with Crippen molar-refractivity contribution >= 4 is 5.91 Å². The summed E-state index contributed by atoms with van der Waals surface area (Å²) in [5.41, 5.74) is 5.69. The van der Waals surface area contributed by atoms with Crippen molar-refractivity contribution in [3.63, 3.8) is 0 Å². The average molecular weight is 211 g/mol. The number of hydrazine groups is 2. The second kappa shape index (κ2) is 7.29. The lowest BCUT2D eigenvalue weighted by molar-refractivity contribution is -0.123. The monoisotopic (exact) mass is 211 g/mol. The van der Waals surface area contributed by atoms with Gasteiger partial charge in [0.25, 0.3) is 5.91 Å². The van der Waals surface area contributed by atoms with Crippen LogP contribution in [-0.2, 0) is 4.79 Å². The van der Waals surface area contributed by atoms with Crippen molar-refractivity contribution in [2.45, 2.75) is 45.4 Å². The molecule has 15 heavy (non-hydrogen) atoms. The van der Waals surface area contributed by atoms with E-state index < -0.39 is 0 Å². The summed E-state index contributed by atoms with van der Waals surface area (Å²) in [5.74, 6) is -0.0558. The SMILES string of the molecule is CCCCCCCCN1NC=CC(=O)N1. The van der Waals surface area contributed by atoms with Crippen LogP contribution in [0.3, 0.4) is 0 Å². The summed E-state index contributed by atoms with van der Waals surface area (Å²) in [5, 5.41) is 1.74. The molecule has 2 N–H and O–H groups in total. The Balaban J connectivity index is 1.96. The maximum atomic E-state index is 11.0. The summed E-state index contributed by atoms with van der Waals surface area (Å²) in [6, 6.07) is 0. The maximum Gasteiger partial charge on any atom is 0.261 e. The molecule has 4 heteroatoms. The van der Waals surface area contributed by atoms with Gasteiger partial charge in [-0.25, -0.2) is 0 Å². The van der Waals surface area contributed by atoms with E-state index in [0.717, 1.165) is 13.0 Å². The van der Waals surface area contributed by atoms with Crippen molar-refractivity contribution < 1.29 is 4.79 Å². The van der Waals surface area contributed by atoms with Crippen molar-refractivity contribution in [3.05, 3.63) is 12.3 Å². The topological polar surface area (TPSA) is 44.4 Å². The fraction of sp³-hybridized carbons (Fsp3) is 0.727. The molecule has 4 nitrogen and oxygen atoms in total. The highest BCUT2D eigenvalue weighted by molar-refractivity contribution is 5.87. The van der Waals surface area contributed by atoms with E-state index in [4.69, 9.17) is 0 Å². The minimum atomic E-state index is -0.0558. The van der Waals surface area contributed by atoms with Crippen LogP contribution in [0.2, 0.25) is 0 Å². The van der Waals surface area contributed by atoms with Crippen LogP contribution < -0.4 is 10.9 Å². The van der Waals surface area contributed by atoms with Gasteiger partial charge in [-0.3, -0.25) is 10.2 Å². The fourth-order valence-corrected chi connectivity index (χ4v) is 1.58. The zero-order valence-corrected chi connectivity index (χ0v) is 9.46. The first-order valence-corrected chi connectivity index (χ1v) is 5.84. The third kappa shape index (κ3) is 5.42. The predicted octanol–water partition coefficient (Wildman–Crippen LogP) is 1.71. The Morgan fingerprint density at radius 1 is 1.20 bits per heavy atom. The third-order valence-corrected chi connectivity index (χ3v) is 2.45. The number of amides is 1. The van der Waals surface area contributed by atoms with Crippen LogP contribution in [0.4, 0.5) is 0 Å². The van der Waals surface area contributed by atoms with E-state index in [9.17, 15) is 4.79 Å². The molecule has 1 aliphatic rings. The van der Waals surface area contributed by atoms with Crippen molar-refractivity contribution in [2.24, 2.45) is 0 Å². The van der Waals surface area contributed by atoms with Crippen LogP contribution in [0, 0.1) is 0 Å². The van der Waals surface area contributed by atoms with Crippen LogP contribution in [-0.4, -0.2) is 17.6 Å². The normalized spacial score (nSPS) is 16.2. The minimum Gasteiger partial charge on any atom is -0.308 e. The van der Waals surface area contributed by atoms with Crippen molar-refractivity contribution in [1.29, 1.82) is 0 Å². The predicted molar refractivity (Wildman–Crippen MR) is 60.5 cm³/mol. The number of nitrogens with one attached hydrogen (secondary N) is 2. The Morgan fingerprint density at radius 2 is 1.93 bits per heavy atom. The summed E-state index contributed by atoms with van der Waals surface area (Å²) in [6.45, 7) is 3.09. The number of unbranched alkanes of at least 4 members (excludes halogenated alkanes) is 5. The number of nitrogens with zero attached hydrogens (tertiary/aromatic N) is 1. The molecular formula is C11H21N3O. The first-order valence-electron chi connectivity index (χ1n) is 5.84. The molecule has 0 aliphatic carbocycles. The average Bonchev–Trinajstić information content (AvgIpc) is 2.23. The van der Waals surface area contributed by atoms with Gasteiger partial charge in [0.2, 0.25) is 0 Å². The van der Waals surface area contributed by atoms with Gasteiger partial charge in [-0.05, 0) is 6.42 Å². The molecule has 0 aromatic carbocycles. The van der Waals surface area contributed by atoms with Crippen LogP contribution in [0.5, 0.6) is 0 Å². The first kappa shape index (κ1) is 12.0. The quantitative estimate of drug-likeness (QED) is 0.630. The summed E-state index contributed by atoms with van der Waals surface area (Å²) < 4.78 is 0. The molecule has 0 bridgehead atoms. The molecule has 0 spiro atoms. The van der Waals surface area contributed by atoms with Crippen molar-refractivity contribution in [2.75, 3.05) is 6.54 Å². The Hall–Kier alpha value is -1.03. The summed E-state index contributed by atoms with van der Waals surface area (Å²) in [4.78, 5) is 11.0. The van der Waals surface area contributed by atoms with E-state index in [-0.39, 0.29) is 5.91 Å². The summed E-state index contributed by atoms with van der Waals surface area (Å²) >= 11 is 0. The Morgan fingerprint density at radius 3 is 2.67 bits per heavy atom. The Kier molecular flexibility index (Phi) is 5.85. The molecule has 1 rings (SSSR count). The highest BCUT2D eigenvalue weighted by Gasteiger charge is 2.08. The molecule has 1 heterocycles. The van der Waals surface area contributed by atoms with Crippen molar-refractivity contribution in [1.82, 2.24) is 16.0 Å². The molecule has 0 atom stereocenters. The Labute approximate surface area is 91.7 Å². The number of hydrogen-bond acceptors (Lipinski definition) is 3. The second-order valence-electron chi connectivity index (χ2n) is 3.86. The lowest BCUT2D eigenvalue weighted by Gasteiger charge is -2.24. The van der Waals surface area contributed by atoms with Crippen LogP contribution >= 0.6 is 0 Å². The second-order valence-corrected chi connectivity index (χ2v) is 3.86. The van der Waals surface area contributed by atoms with E-state index >= 15 is 0 Å². The molecule has 0 saturated heterocycles. The highest BCUT2D eigenvalue weighted by atomic mass is 16.2. The minimum absolute atomic E-state index is 0.0558. The zero-order valence-electron chi connectivity index (χ0n) is 9.46. The van der Waals surface area contributed by atoms with Gasteiger partial charge in [-0.2, -0.15) is 0 Å². The molecule has 1 aliphatic heterocycles. The zero-order chi connectivity index (χ0) is 10.9. The molecule has 1 amide bonds. The molecule has 0 aromatic heterocycles. The van der Waals surface area contributed by atoms with Gasteiger partial charge in [0, 0.05) is 18.8 Å². The fourth-order valence-electron chi connectivity index (χ4n) is 1.58. The maximum absolute atomic E-state index is 11.0. The largest absolute Gasteiger partial charge is 0.308 e. The standard InChI is InChI=1S/C11H21N3O/c1-2-3-4-5-6-7-10-14-12-9-8-11(15)13-14/h8-9,12H,2-7,10H2,1H3,(H,13,15). The molecule has 0 aromatic rings. The Bertz CT molecular complexity index is 216. The van der Waals surface area contributed by atoms with Gasteiger partial charge in [0.05, 0.1) is 0 Å². The number of rotatable bonds is 7. The number of carbonyl (C=O) groups is 1. The molecule has 0 radical (unpaired) electrons. The van der Waals surface area contributed by atoms with E-state index in [1.165, 1.54) is 38.2 Å². The van der Waals surface area contributed by atoms with E-state index in [1.54, 1.807) is 11.3 Å². The van der Waals surface area contributed by atoms with Crippen LogP contribution in [0.1, 0.15) is 45.4 Å². The van der Waals surface area contributed by atoms with Gasteiger partial charge >= 0.3 is 0 Å². The van der Waals surface area contributed by atoms with Crippen molar-refractivity contribution in [3.8, 4) is 0 Å². The number of hydrogen-bond donors (Lipinski definition) is 2. The molecule has 86 valence electrons. The van der Waals surface area contributed by atoms with Crippen LogP contribution in [0.25, 0.3) is 0 Å². The third-order valence-electron chi connectivity index (χ3n) is 2.45. The summed E-state index contributed by atoms with van der Waals surface area (Å²) in [6.07, 6.45) is 10.7. The van der Waals surface area contributed by atoms with E-state index in [1.807, 2.05) is 0 Å². The molecule has 0 saturated carbocycles. The van der Waals surface area contributed by atoms with Gasteiger partial charge in [-0.1, -0.05) is 39.0 Å². The molecule has 0 fully saturated rings. The van der Waals surface area contributed by atoms with Gasteiger partial charge < -0.3 is 5.43 Å². The smallest absolute Gasteiger partial charge is 0.261 e.